The van der Waals surface area contributed by atoms with E-state index in [0.29, 0.717) is 6.42 Å². The first-order valence-corrected chi connectivity index (χ1v) is 7.16. The summed E-state index contributed by atoms with van der Waals surface area (Å²) in [7, 11) is 1.62. The fraction of sp³-hybridized carbons (Fsp3) is 0.375. The van der Waals surface area contributed by atoms with Gasteiger partial charge in [0.15, 0.2) is 0 Å². The Morgan fingerprint density at radius 1 is 1.48 bits per heavy atom. The smallest absolute Gasteiger partial charge is 0.224 e. The summed E-state index contributed by atoms with van der Waals surface area (Å²) < 4.78 is 7.42. The van der Waals surface area contributed by atoms with Crippen molar-refractivity contribution >= 4 is 5.91 Å². The van der Waals surface area contributed by atoms with E-state index >= 15 is 0 Å². The highest BCUT2D eigenvalue weighted by Crippen LogP contribution is 2.18. The summed E-state index contributed by atoms with van der Waals surface area (Å²) in [5.41, 5.74) is 2.10. The molecule has 1 N–H and O–H groups in total. The number of amides is 1. The number of para-hydroxylation sites is 1. The van der Waals surface area contributed by atoms with Crippen LogP contribution in [-0.2, 0) is 24.2 Å². The SMILES string of the molecule is COc1ccccc1CC(=O)NC1CCn2cncc2C1. The summed E-state index contributed by atoms with van der Waals surface area (Å²) >= 11 is 0. The van der Waals surface area contributed by atoms with Gasteiger partial charge in [-0.1, -0.05) is 18.2 Å². The number of nitrogens with one attached hydrogen (secondary N) is 1. The lowest BCUT2D eigenvalue weighted by atomic mass is 10.0. The maximum atomic E-state index is 12.2. The van der Waals surface area contributed by atoms with E-state index in [-0.39, 0.29) is 11.9 Å². The van der Waals surface area contributed by atoms with E-state index in [1.54, 1.807) is 7.11 Å². The monoisotopic (exact) mass is 285 g/mol. The summed E-state index contributed by atoms with van der Waals surface area (Å²) in [6.07, 6.45) is 5.86. The number of benzene rings is 1. The zero-order valence-corrected chi connectivity index (χ0v) is 12.1. The van der Waals surface area contributed by atoms with Gasteiger partial charge in [-0.2, -0.15) is 0 Å². The molecule has 1 aliphatic heterocycles. The second kappa shape index (κ2) is 5.99. The molecule has 1 atom stereocenters. The van der Waals surface area contributed by atoms with Crippen LogP contribution in [0.5, 0.6) is 5.75 Å². The molecule has 2 heterocycles. The summed E-state index contributed by atoms with van der Waals surface area (Å²) in [6, 6.07) is 7.82. The predicted octanol–water partition coefficient (Wildman–Crippen LogP) is 1.57. The van der Waals surface area contributed by atoms with Gasteiger partial charge < -0.3 is 14.6 Å². The Morgan fingerprint density at radius 3 is 3.19 bits per heavy atom. The average Bonchev–Trinajstić information content (AvgIpc) is 2.95. The van der Waals surface area contributed by atoms with Crippen molar-refractivity contribution in [2.75, 3.05) is 7.11 Å². The number of rotatable bonds is 4. The Morgan fingerprint density at radius 2 is 2.33 bits per heavy atom. The molecule has 1 aromatic heterocycles. The van der Waals surface area contributed by atoms with Gasteiger partial charge in [-0.15, -0.1) is 0 Å². The summed E-state index contributed by atoms with van der Waals surface area (Å²) in [5, 5.41) is 3.11. The molecule has 1 aromatic carbocycles. The molecule has 0 saturated heterocycles. The maximum Gasteiger partial charge on any atom is 0.224 e. The number of imidazole rings is 1. The molecule has 0 radical (unpaired) electrons. The Labute approximate surface area is 124 Å². The van der Waals surface area contributed by atoms with Gasteiger partial charge in [-0.3, -0.25) is 4.79 Å². The van der Waals surface area contributed by atoms with Crippen LogP contribution in [0.1, 0.15) is 17.7 Å². The van der Waals surface area contributed by atoms with E-state index in [1.165, 1.54) is 5.69 Å². The first-order valence-electron chi connectivity index (χ1n) is 7.16. The maximum absolute atomic E-state index is 12.2. The molecule has 1 unspecified atom stereocenters. The van der Waals surface area contributed by atoms with Crippen LogP contribution in [0.4, 0.5) is 0 Å². The molecule has 1 amide bonds. The highest BCUT2D eigenvalue weighted by molar-refractivity contribution is 5.79. The van der Waals surface area contributed by atoms with Crippen molar-refractivity contribution in [1.82, 2.24) is 14.9 Å². The standard InChI is InChI=1S/C16H19N3O2/c1-21-15-5-3-2-4-12(15)8-16(20)18-13-6-7-19-11-17-10-14(19)9-13/h2-5,10-11,13H,6-9H2,1H3,(H,18,20). The van der Waals surface area contributed by atoms with E-state index in [4.69, 9.17) is 4.74 Å². The zero-order valence-electron chi connectivity index (χ0n) is 12.1. The Hall–Kier alpha value is -2.30. The molecule has 21 heavy (non-hydrogen) atoms. The molecular formula is C16H19N3O2. The number of carbonyl (C=O) groups is 1. The second-order valence-electron chi connectivity index (χ2n) is 5.32. The van der Waals surface area contributed by atoms with Crippen LogP contribution >= 0.6 is 0 Å². The van der Waals surface area contributed by atoms with Gasteiger partial charge in [0.05, 0.1) is 19.9 Å². The number of carbonyl (C=O) groups excluding carboxylic acids is 1. The van der Waals surface area contributed by atoms with Crippen molar-refractivity contribution in [3.05, 3.63) is 48.0 Å². The van der Waals surface area contributed by atoms with Crippen molar-refractivity contribution in [2.45, 2.75) is 31.8 Å². The average molecular weight is 285 g/mol. The topological polar surface area (TPSA) is 56.1 Å². The molecule has 110 valence electrons. The molecule has 5 heteroatoms. The molecular weight excluding hydrogens is 266 g/mol. The predicted molar refractivity (Wildman–Crippen MR) is 79.2 cm³/mol. The Bertz CT molecular complexity index is 636. The van der Waals surface area contributed by atoms with Crippen LogP contribution in [0.3, 0.4) is 0 Å². The lowest BCUT2D eigenvalue weighted by Crippen LogP contribution is -2.40. The second-order valence-corrected chi connectivity index (χ2v) is 5.32. The molecule has 1 aliphatic rings. The molecule has 3 rings (SSSR count). The number of fused-ring (bicyclic) bond motifs is 1. The molecule has 2 aromatic rings. The van der Waals surface area contributed by atoms with Crippen molar-refractivity contribution < 1.29 is 9.53 Å². The highest BCUT2D eigenvalue weighted by atomic mass is 16.5. The molecule has 0 aliphatic carbocycles. The van der Waals surface area contributed by atoms with Gasteiger partial charge in [0, 0.05) is 36.5 Å². The van der Waals surface area contributed by atoms with Gasteiger partial charge in [0.25, 0.3) is 0 Å². The normalized spacial score (nSPS) is 17.1. The van der Waals surface area contributed by atoms with Crippen molar-refractivity contribution in [1.29, 1.82) is 0 Å². The lowest BCUT2D eigenvalue weighted by Gasteiger charge is -2.24. The van der Waals surface area contributed by atoms with Crippen molar-refractivity contribution in [2.24, 2.45) is 0 Å². The number of hydrogen-bond acceptors (Lipinski definition) is 3. The van der Waals surface area contributed by atoms with E-state index in [2.05, 4.69) is 14.9 Å². The number of ether oxygens (including phenoxy) is 1. The molecule has 0 fully saturated rings. The van der Waals surface area contributed by atoms with E-state index in [1.807, 2.05) is 36.8 Å². The largest absolute Gasteiger partial charge is 0.496 e. The van der Waals surface area contributed by atoms with E-state index in [0.717, 1.165) is 30.7 Å². The Balaban J connectivity index is 1.60. The van der Waals surface area contributed by atoms with Gasteiger partial charge in [0.1, 0.15) is 5.75 Å². The Kier molecular flexibility index (Phi) is 3.90. The first kappa shape index (κ1) is 13.7. The summed E-state index contributed by atoms with van der Waals surface area (Å²) in [4.78, 5) is 16.4. The minimum Gasteiger partial charge on any atom is -0.496 e. The van der Waals surface area contributed by atoms with Gasteiger partial charge in [-0.25, -0.2) is 4.98 Å². The fourth-order valence-electron chi connectivity index (χ4n) is 2.79. The highest BCUT2D eigenvalue weighted by Gasteiger charge is 2.20. The third-order valence-electron chi connectivity index (χ3n) is 3.88. The molecule has 0 saturated carbocycles. The quantitative estimate of drug-likeness (QED) is 0.927. The summed E-state index contributed by atoms with van der Waals surface area (Å²) in [5.74, 6) is 0.798. The third kappa shape index (κ3) is 3.07. The van der Waals surface area contributed by atoms with Crippen LogP contribution in [0, 0.1) is 0 Å². The third-order valence-corrected chi connectivity index (χ3v) is 3.88. The fourth-order valence-corrected chi connectivity index (χ4v) is 2.79. The summed E-state index contributed by atoms with van der Waals surface area (Å²) in [6.45, 7) is 0.912. The van der Waals surface area contributed by atoms with Crippen LogP contribution < -0.4 is 10.1 Å². The number of nitrogens with zero attached hydrogens (tertiary/aromatic N) is 2. The van der Waals surface area contributed by atoms with Crippen LogP contribution in [0.25, 0.3) is 0 Å². The number of aromatic nitrogens is 2. The van der Waals surface area contributed by atoms with Gasteiger partial charge >= 0.3 is 0 Å². The number of methoxy groups -OCH3 is 1. The minimum absolute atomic E-state index is 0.0393. The molecule has 0 spiro atoms. The van der Waals surface area contributed by atoms with Crippen LogP contribution in [-0.4, -0.2) is 28.6 Å². The van der Waals surface area contributed by atoms with Gasteiger partial charge in [-0.05, 0) is 12.5 Å². The lowest BCUT2D eigenvalue weighted by molar-refractivity contribution is -0.121. The van der Waals surface area contributed by atoms with Crippen LogP contribution in [0.15, 0.2) is 36.8 Å². The van der Waals surface area contributed by atoms with E-state index in [9.17, 15) is 4.79 Å². The number of aryl methyl sites for hydroxylation is 1. The van der Waals surface area contributed by atoms with Crippen molar-refractivity contribution in [3.63, 3.8) is 0 Å². The van der Waals surface area contributed by atoms with Gasteiger partial charge in [0.2, 0.25) is 5.91 Å². The molecule has 5 nitrogen and oxygen atoms in total. The van der Waals surface area contributed by atoms with Crippen LogP contribution in [0.2, 0.25) is 0 Å². The zero-order chi connectivity index (χ0) is 14.7. The van der Waals surface area contributed by atoms with E-state index < -0.39 is 0 Å². The van der Waals surface area contributed by atoms with Crippen molar-refractivity contribution in [3.8, 4) is 5.75 Å². The first-order chi connectivity index (χ1) is 10.3. The minimum atomic E-state index is 0.0393. The molecule has 0 bridgehead atoms. The number of hydrogen-bond donors (Lipinski definition) is 1.